The normalized spacial score (nSPS) is 10.7. The molecule has 5 aromatic carbocycles. The molecule has 0 saturated heterocycles. The van der Waals surface area contributed by atoms with E-state index in [1.54, 1.807) is 0 Å². The summed E-state index contributed by atoms with van der Waals surface area (Å²) in [6, 6.07) is 41.1. The number of aryl methyl sites for hydroxylation is 5. The summed E-state index contributed by atoms with van der Waals surface area (Å²) in [6.45, 7) is 17.0. The zero-order valence-electron chi connectivity index (χ0n) is 36.5. The molecular weight excluding hydrogens is 747 g/mol. The maximum absolute atomic E-state index is 6.21. The molecule has 0 radical (unpaired) electrons. The number of hydrogen-bond donors (Lipinski definition) is 0. The van der Waals surface area contributed by atoms with Gasteiger partial charge in [-0.05, 0) is 121 Å². The molecule has 8 nitrogen and oxygen atoms in total. The van der Waals surface area contributed by atoms with E-state index >= 15 is 0 Å². The van der Waals surface area contributed by atoms with Crippen LogP contribution in [0.2, 0.25) is 0 Å². The molecule has 0 heterocycles. The van der Waals surface area contributed by atoms with Crippen LogP contribution in [0.5, 0.6) is 28.7 Å². The van der Waals surface area contributed by atoms with Gasteiger partial charge in [-0.25, -0.2) is 4.99 Å². The van der Waals surface area contributed by atoms with Gasteiger partial charge in [-0.2, -0.15) is 0 Å². The van der Waals surface area contributed by atoms with Crippen LogP contribution in [0.1, 0.15) is 59.9 Å². The molecule has 318 valence electrons. The fourth-order valence-electron chi connectivity index (χ4n) is 6.40. The van der Waals surface area contributed by atoms with E-state index in [1.165, 1.54) is 27.8 Å². The lowest BCUT2D eigenvalue weighted by Crippen LogP contribution is -2.39. The van der Waals surface area contributed by atoms with Crippen LogP contribution in [0.4, 0.5) is 0 Å². The third kappa shape index (κ3) is 17.2. The number of benzene rings is 5. The minimum atomic E-state index is 0.580. The average molecular weight is 812 g/mol. The van der Waals surface area contributed by atoms with Crippen LogP contribution < -0.4 is 23.7 Å². The summed E-state index contributed by atoms with van der Waals surface area (Å²) in [5.74, 6) is 8.93. The van der Waals surface area contributed by atoms with E-state index in [4.69, 9.17) is 28.7 Å². The van der Waals surface area contributed by atoms with Crippen molar-refractivity contribution in [2.75, 3.05) is 65.8 Å². The molecule has 0 unspecified atom stereocenters. The molecule has 0 aliphatic heterocycles. The fraction of sp³-hybridized carbons (Fsp3) is 0.385. The number of ether oxygens (including phenoxy) is 5. The molecule has 8 heteroatoms. The highest BCUT2D eigenvalue weighted by atomic mass is 16.5. The predicted octanol–water partition coefficient (Wildman–Crippen LogP) is 11.0. The second-order valence-electron chi connectivity index (χ2n) is 15.4. The Kier molecular flexibility index (Phi) is 19.3. The molecule has 0 N–H and O–H groups in total. The molecule has 0 amide bonds. The van der Waals surface area contributed by atoms with Gasteiger partial charge in [0.1, 0.15) is 28.7 Å². The van der Waals surface area contributed by atoms with E-state index in [-0.39, 0.29) is 0 Å². The predicted molar refractivity (Wildman–Crippen MR) is 245 cm³/mol. The standard InChI is InChI=1S/C52H65N3O5/c1-42-11-21-47(22-12-42)56-36-6-31-53-41-52(54(32-7-37-57-48-23-13-43(2)14-24-48)33-8-38-58-49-25-15-44(3)16-26-49)55(34-9-39-59-50-27-17-45(4)18-28-50)35-10-40-60-51-29-19-46(5)20-30-51/h11-30H,6-10,31-40H2,1-5H3. The molecule has 0 aliphatic carbocycles. The van der Waals surface area contributed by atoms with Crippen LogP contribution in [0.25, 0.3) is 0 Å². The SMILES string of the molecule is Cc1ccc(OCCCN=C=C(N(CCCOc2ccc(C)cc2)CCCOc2ccc(C)cc2)N(CCCOc2ccc(C)cc2)CCCOc2ccc(C)cc2)cc1. The summed E-state index contributed by atoms with van der Waals surface area (Å²) in [5.41, 5.74) is 6.07. The maximum Gasteiger partial charge on any atom is 0.168 e. The van der Waals surface area contributed by atoms with Crippen molar-refractivity contribution in [1.82, 2.24) is 9.80 Å². The number of aliphatic imine (C=N–C) groups is 1. The van der Waals surface area contributed by atoms with Gasteiger partial charge in [0.05, 0.1) is 39.6 Å². The smallest absolute Gasteiger partial charge is 0.168 e. The van der Waals surface area contributed by atoms with Gasteiger partial charge in [0, 0.05) is 38.5 Å². The molecule has 0 fully saturated rings. The second-order valence-corrected chi connectivity index (χ2v) is 15.4. The molecule has 0 atom stereocenters. The average Bonchev–Trinajstić information content (AvgIpc) is 3.26. The molecule has 5 aromatic rings. The topological polar surface area (TPSA) is 65.0 Å². The van der Waals surface area contributed by atoms with Crippen molar-refractivity contribution in [2.45, 2.75) is 66.7 Å². The zero-order valence-corrected chi connectivity index (χ0v) is 36.5. The lowest BCUT2D eigenvalue weighted by molar-refractivity contribution is 0.171. The van der Waals surface area contributed by atoms with Crippen LogP contribution in [-0.4, -0.2) is 81.4 Å². The quantitative estimate of drug-likeness (QED) is 0.0386. The molecule has 5 rings (SSSR count). The third-order valence-electron chi connectivity index (χ3n) is 9.93. The van der Waals surface area contributed by atoms with Crippen molar-refractivity contribution < 1.29 is 23.7 Å². The highest BCUT2D eigenvalue weighted by Gasteiger charge is 2.18. The Balaban J connectivity index is 1.34. The van der Waals surface area contributed by atoms with Gasteiger partial charge in [-0.3, -0.25) is 0 Å². The Morgan fingerprint density at radius 3 is 0.850 bits per heavy atom. The highest BCUT2D eigenvalue weighted by Crippen LogP contribution is 2.18. The summed E-state index contributed by atoms with van der Waals surface area (Å²) >= 11 is 0. The van der Waals surface area contributed by atoms with Crippen molar-refractivity contribution in [3.8, 4) is 28.7 Å². The van der Waals surface area contributed by atoms with Crippen LogP contribution in [0.15, 0.2) is 132 Å². The van der Waals surface area contributed by atoms with Crippen molar-refractivity contribution in [1.29, 1.82) is 0 Å². The van der Waals surface area contributed by atoms with E-state index < -0.39 is 0 Å². The molecule has 0 saturated carbocycles. The van der Waals surface area contributed by atoms with Gasteiger partial charge in [-0.1, -0.05) is 88.5 Å². The minimum Gasteiger partial charge on any atom is -0.494 e. The molecule has 0 aromatic heterocycles. The first-order chi connectivity index (χ1) is 29.3. The Labute approximate surface area is 359 Å². The number of nitrogens with zero attached hydrogens (tertiary/aromatic N) is 3. The van der Waals surface area contributed by atoms with Gasteiger partial charge in [-0.15, -0.1) is 0 Å². The molecular formula is C52H65N3O5. The van der Waals surface area contributed by atoms with E-state index in [1.807, 2.05) is 60.7 Å². The van der Waals surface area contributed by atoms with Gasteiger partial charge >= 0.3 is 0 Å². The van der Waals surface area contributed by atoms with E-state index in [0.29, 0.717) is 39.6 Å². The second kappa shape index (κ2) is 25.6. The van der Waals surface area contributed by atoms with Crippen molar-refractivity contribution in [2.24, 2.45) is 4.99 Å². The minimum absolute atomic E-state index is 0.580. The first kappa shape index (κ1) is 45.2. The van der Waals surface area contributed by atoms with E-state index in [0.717, 1.165) is 92.9 Å². The molecule has 0 spiro atoms. The van der Waals surface area contributed by atoms with Gasteiger partial charge in [0.15, 0.2) is 5.82 Å². The van der Waals surface area contributed by atoms with Crippen molar-refractivity contribution in [3.05, 3.63) is 155 Å². The Hall–Kier alpha value is -5.85. The van der Waals surface area contributed by atoms with Gasteiger partial charge < -0.3 is 33.5 Å². The lowest BCUT2D eigenvalue weighted by Gasteiger charge is -2.34. The highest BCUT2D eigenvalue weighted by molar-refractivity contribution is 5.56. The monoisotopic (exact) mass is 811 g/mol. The van der Waals surface area contributed by atoms with E-state index in [9.17, 15) is 0 Å². The number of rotatable bonds is 27. The van der Waals surface area contributed by atoms with Crippen molar-refractivity contribution >= 4 is 5.87 Å². The molecule has 60 heavy (non-hydrogen) atoms. The van der Waals surface area contributed by atoms with Gasteiger partial charge in [0.25, 0.3) is 0 Å². The third-order valence-corrected chi connectivity index (χ3v) is 9.93. The summed E-state index contributed by atoms with van der Waals surface area (Å²) in [7, 11) is 0. The Morgan fingerprint density at radius 1 is 0.367 bits per heavy atom. The zero-order chi connectivity index (χ0) is 42.2. The molecule has 0 bridgehead atoms. The fourth-order valence-corrected chi connectivity index (χ4v) is 6.40. The first-order valence-corrected chi connectivity index (χ1v) is 21.6. The van der Waals surface area contributed by atoms with Crippen LogP contribution in [0, 0.1) is 34.6 Å². The first-order valence-electron chi connectivity index (χ1n) is 21.6. The summed E-state index contributed by atoms with van der Waals surface area (Å²) in [5, 5.41) is 0. The number of hydrogen-bond acceptors (Lipinski definition) is 8. The largest absolute Gasteiger partial charge is 0.494 e. The van der Waals surface area contributed by atoms with Crippen LogP contribution in [0.3, 0.4) is 0 Å². The van der Waals surface area contributed by atoms with Gasteiger partial charge in [0.2, 0.25) is 0 Å². The van der Waals surface area contributed by atoms with E-state index in [2.05, 4.69) is 111 Å². The summed E-state index contributed by atoms with van der Waals surface area (Å²) < 4.78 is 30.8. The maximum atomic E-state index is 6.21. The molecule has 0 aliphatic rings. The summed E-state index contributed by atoms with van der Waals surface area (Å²) in [6.07, 6.45) is 4.07. The Morgan fingerprint density at radius 2 is 0.600 bits per heavy atom. The van der Waals surface area contributed by atoms with Crippen LogP contribution >= 0.6 is 0 Å². The summed E-state index contributed by atoms with van der Waals surface area (Å²) in [4.78, 5) is 9.74. The van der Waals surface area contributed by atoms with Crippen molar-refractivity contribution in [3.63, 3.8) is 0 Å². The Bertz CT molecular complexity index is 1770. The van der Waals surface area contributed by atoms with Crippen LogP contribution in [-0.2, 0) is 0 Å². The lowest BCUT2D eigenvalue weighted by atomic mass is 10.2.